The summed E-state index contributed by atoms with van der Waals surface area (Å²) in [4.78, 5) is 23.6. The largest absolute Gasteiger partial charge is 0.447 e. The standard InChI is InChI=1S/C15H21NO5/c1-3-15(9-17,10-18)16-14(20)13(21-11(2)19)12-7-5-4-6-8-12/h4-8,13,17-18H,3,9-10H2,1-2H3,(H,16,20). The van der Waals surface area contributed by atoms with Gasteiger partial charge in [0.1, 0.15) is 0 Å². The van der Waals surface area contributed by atoms with Gasteiger partial charge in [-0.05, 0) is 6.42 Å². The van der Waals surface area contributed by atoms with Crippen molar-refractivity contribution in [1.29, 1.82) is 0 Å². The van der Waals surface area contributed by atoms with Crippen molar-refractivity contribution in [3.05, 3.63) is 35.9 Å². The minimum Gasteiger partial charge on any atom is -0.447 e. The fourth-order valence-corrected chi connectivity index (χ4v) is 1.83. The molecule has 0 aliphatic heterocycles. The molecule has 21 heavy (non-hydrogen) atoms. The van der Waals surface area contributed by atoms with Crippen molar-refractivity contribution in [2.24, 2.45) is 0 Å². The van der Waals surface area contributed by atoms with Crippen LogP contribution in [0.15, 0.2) is 30.3 Å². The summed E-state index contributed by atoms with van der Waals surface area (Å²) in [6.45, 7) is 2.13. The van der Waals surface area contributed by atoms with Crippen LogP contribution < -0.4 is 5.32 Å². The highest BCUT2D eigenvalue weighted by Crippen LogP contribution is 2.20. The Kier molecular flexibility index (Phi) is 6.33. The van der Waals surface area contributed by atoms with Gasteiger partial charge in [-0.25, -0.2) is 0 Å². The van der Waals surface area contributed by atoms with Gasteiger partial charge >= 0.3 is 5.97 Å². The topological polar surface area (TPSA) is 95.9 Å². The molecule has 116 valence electrons. The third-order valence-corrected chi connectivity index (χ3v) is 3.29. The number of carbonyl (C=O) groups is 2. The predicted molar refractivity (Wildman–Crippen MR) is 76.3 cm³/mol. The third-order valence-electron chi connectivity index (χ3n) is 3.29. The van der Waals surface area contributed by atoms with Crippen LogP contribution in [0.1, 0.15) is 31.9 Å². The van der Waals surface area contributed by atoms with Crippen LogP contribution in [0.3, 0.4) is 0 Å². The molecule has 1 atom stereocenters. The molecule has 6 nitrogen and oxygen atoms in total. The molecule has 1 amide bonds. The van der Waals surface area contributed by atoms with E-state index < -0.39 is 36.7 Å². The molecule has 0 fully saturated rings. The van der Waals surface area contributed by atoms with Gasteiger partial charge in [-0.2, -0.15) is 0 Å². The first kappa shape index (κ1) is 17.1. The molecule has 3 N–H and O–H groups in total. The molecular formula is C15H21NO5. The summed E-state index contributed by atoms with van der Waals surface area (Å²) in [5.41, 5.74) is -0.615. The molecule has 0 saturated heterocycles. The van der Waals surface area contributed by atoms with Crippen molar-refractivity contribution in [3.63, 3.8) is 0 Å². The van der Waals surface area contributed by atoms with E-state index in [1.807, 2.05) is 0 Å². The van der Waals surface area contributed by atoms with E-state index in [1.165, 1.54) is 6.92 Å². The Morgan fingerprint density at radius 3 is 2.24 bits per heavy atom. The number of benzene rings is 1. The number of amides is 1. The minimum atomic E-state index is -1.13. The van der Waals surface area contributed by atoms with Gasteiger partial charge in [-0.1, -0.05) is 37.3 Å². The molecular weight excluding hydrogens is 274 g/mol. The molecule has 1 unspecified atom stereocenters. The molecule has 1 aromatic rings. The number of rotatable bonds is 7. The Balaban J connectivity index is 2.98. The van der Waals surface area contributed by atoms with Gasteiger partial charge in [-0.15, -0.1) is 0 Å². The predicted octanol–water partition coefficient (Wildman–Crippen LogP) is 0.540. The number of carbonyl (C=O) groups excluding carboxylic acids is 2. The van der Waals surface area contributed by atoms with E-state index in [9.17, 15) is 19.8 Å². The first-order valence-corrected chi connectivity index (χ1v) is 6.74. The Labute approximate surface area is 123 Å². The van der Waals surface area contributed by atoms with E-state index in [2.05, 4.69) is 5.32 Å². The zero-order chi connectivity index (χ0) is 15.9. The number of esters is 1. The summed E-state index contributed by atoms with van der Waals surface area (Å²) in [6, 6.07) is 8.57. The lowest BCUT2D eigenvalue weighted by Crippen LogP contribution is -2.55. The van der Waals surface area contributed by atoms with Crippen LogP contribution in [0.5, 0.6) is 0 Å². The second-order valence-electron chi connectivity index (χ2n) is 4.84. The fraction of sp³-hybridized carbons (Fsp3) is 0.467. The number of aliphatic hydroxyl groups is 2. The van der Waals surface area contributed by atoms with E-state index in [-0.39, 0.29) is 0 Å². The molecule has 0 bridgehead atoms. The van der Waals surface area contributed by atoms with Gasteiger partial charge in [0, 0.05) is 12.5 Å². The quantitative estimate of drug-likeness (QED) is 0.638. The van der Waals surface area contributed by atoms with E-state index in [1.54, 1.807) is 37.3 Å². The first-order valence-electron chi connectivity index (χ1n) is 6.74. The number of hydrogen-bond acceptors (Lipinski definition) is 5. The number of nitrogens with one attached hydrogen (secondary N) is 1. The van der Waals surface area contributed by atoms with Crippen molar-refractivity contribution in [2.45, 2.75) is 31.9 Å². The van der Waals surface area contributed by atoms with Crippen molar-refractivity contribution >= 4 is 11.9 Å². The number of hydrogen-bond donors (Lipinski definition) is 3. The molecule has 0 radical (unpaired) electrons. The second-order valence-corrected chi connectivity index (χ2v) is 4.84. The lowest BCUT2D eigenvalue weighted by Gasteiger charge is -2.31. The van der Waals surface area contributed by atoms with Gasteiger partial charge in [-0.3, -0.25) is 9.59 Å². The highest BCUT2D eigenvalue weighted by atomic mass is 16.5. The summed E-state index contributed by atoms with van der Waals surface area (Å²) in [5.74, 6) is -1.17. The van der Waals surface area contributed by atoms with E-state index in [4.69, 9.17) is 4.74 Å². The Morgan fingerprint density at radius 2 is 1.81 bits per heavy atom. The van der Waals surface area contributed by atoms with Crippen molar-refractivity contribution < 1.29 is 24.5 Å². The van der Waals surface area contributed by atoms with Crippen LogP contribution in [-0.4, -0.2) is 40.8 Å². The average molecular weight is 295 g/mol. The molecule has 1 aromatic carbocycles. The molecule has 0 spiro atoms. The van der Waals surface area contributed by atoms with Gasteiger partial charge in [0.25, 0.3) is 5.91 Å². The molecule has 0 aliphatic rings. The highest BCUT2D eigenvalue weighted by molar-refractivity contribution is 5.85. The molecule has 1 rings (SSSR count). The Hall–Kier alpha value is -1.92. The summed E-state index contributed by atoms with van der Waals surface area (Å²) < 4.78 is 5.06. The monoisotopic (exact) mass is 295 g/mol. The van der Waals surface area contributed by atoms with Crippen molar-refractivity contribution in [1.82, 2.24) is 5.32 Å². The van der Waals surface area contributed by atoms with E-state index in [0.717, 1.165) is 0 Å². The Morgan fingerprint density at radius 1 is 1.24 bits per heavy atom. The Bertz CT molecular complexity index is 462. The maximum Gasteiger partial charge on any atom is 0.303 e. The molecule has 0 aromatic heterocycles. The number of ether oxygens (including phenoxy) is 1. The van der Waals surface area contributed by atoms with Crippen LogP contribution in [-0.2, 0) is 14.3 Å². The smallest absolute Gasteiger partial charge is 0.303 e. The van der Waals surface area contributed by atoms with Gasteiger partial charge in [0.2, 0.25) is 6.10 Å². The first-order chi connectivity index (χ1) is 9.98. The number of aliphatic hydroxyl groups excluding tert-OH is 2. The summed E-state index contributed by atoms with van der Waals surface area (Å²) >= 11 is 0. The minimum absolute atomic E-state index is 0.341. The van der Waals surface area contributed by atoms with E-state index in [0.29, 0.717) is 12.0 Å². The van der Waals surface area contributed by atoms with Gasteiger partial charge in [0.15, 0.2) is 0 Å². The zero-order valence-electron chi connectivity index (χ0n) is 12.2. The maximum absolute atomic E-state index is 12.4. The molecule has 0 heterocycles. The van der Waals surface area contributed by atoms with Crippen LogP contribution in [0, 0.1) is 0 Å². The highest BCUT2D eigenvalue weighted by Gasteiger charge is 2.33. The second kappa shape index (κ2) is 7.75. The average Bonchev–Trinajstić information content (AvgIpc) is 2.51. The van der Waals surface area contributed by atoms with Gasteiger partial charge < -0.3 is 20.3 Å². The zero-order valence-corrected chi connectivity index (χ0v) is 12.2. The van der Waals surface area contributed by atoms with E-state index >= 15 is 0 Å². The lowest BCUT2D eigenvalue weighted by atomic mass is 9.97. The lowest BCUT2D eigenvalue weighted by molar-refractivity contribution is -0.155. The summed E-state index contributed by atoms with van der Waals surface area (Å²) in [7, 11) is 0. The van der Waals surface area contributed by atoms with Crippen LogP contribution in [0.4, 0.5) is 0 Å². The summed E-state index contributed by atoms with van der Waals surface area (Å²) in [5, 5.41) is 21.3. The molecule has 0 saturated carbocycles. The van der Waals surface area contributed by atoms with Crippen molar-refractivity contribution in [2.75, 3.05) is 13.2 Å². The third kappa shape index (κ3) is 4.54. The fourth-order valence-electron chi connectivity index (χ4n) is 1.83. The maximum atomic E-state index is 12.4. The SMILES string of the molecule is CCC(CO)(CO)NC(=O)C(OC(C)=O)c1ccccc1. The van der Waals surface area contributed by atoms with Crippen LogP contribution in [0.2, 0.25) is 0 Å². The van der Waals surface area contributed by atoms with Crippen molar-refractivity contribution in [3.8, 4) is 0 Å². The summed E-state index contributed by atoms with van der Waals surface area (Å²) in [6.07, 6.45) is -0.777. The molecule has 6 heteroatoms. The van der Waals surface area contributed by atoms with Crippen LogP contribution in [0.25, 0.3) is 0 Å². The van der Waals surface area contributed by atoms with Crippen LogP contribution >= 0.6 is 0 Å². The molecule has 0 aliphatic carbocycles. The normalized spacial score (nSPS) is 12.6. The van der Waals surface area contributed by atoms with Gasteiger partial charge in [0.05, 0.1) is 18.8 Å².